The second-order valence-corrected chi connectivity index (χ2v) is 6.30. The Bertz CT molecular complexity index is 528. The maximum atomic E-state index is 5.66. The highest BCUT2D eigenvalue weighted by atomic mass is 32.1. The lowest BCUT2D eigenvalue weighted by molar-refractivity contribution is 0.303. The number of hydrogen-bond acceptors (Lipinski definition) is 5. The fourth-order valence-corrected chi connectivity index (χ4v) is 2.42. The molecular weight excluding hydrogens is 258 g/mol. The zero-order valence-corrected chi connectivity index (χ0v) is 12.3. The van der Waals surface area contributed by atoms with Gasteiger partial charge in [0.15, 0.2) is 0 Å². The minimum Gasteiger partial charge on any atom is -0.485 e. The molecule has 0 aromatic carbocycles. The summed E-state index contributed by atoms with van der Waals surface area (Å²) in [5.41, 5.74) is 7.54. The molecule has 2 aromatic heterocycles. The van der Waals surface area contributed by atoms with E-state index in [1.54, 1.807) is 17.5 Å². The van der Waals surface area contributed by atoms with E-state index in [0.29, 0.717) is 13.2 Å². The minimum absolute atomic E-state index is 0.0824. The van der Waals surface area contributed by atoms with E-state index in [4.69, 9.17) is 10.5 Å². The average molecular weight is 277 g/mol. The van der Waals surface area contributed by atoms with E-state index in [9.17, 15) is 0 Å². The fourth-order valence-electron chi connectivity index (χ4n) is 1.48. The number of pyridine rings is 1. The molecule has 0 atom stereocenters. The number of nitrogens with zero attached hydrogens (tertiary/aromatic N) is 2. The van der Waals surface area contributed by atoms with Crippen molar-refractivity contribution in [1.82, 2.24) is 9.97 Å². The van der Waals surface area contributed by atoms with E-state index >= 15 is 0 Å². The third-order valence-corrected chi connectivity index (χ3v) is 3.51. The Morgan fingerprint density at radius 1 is 1.32 bits per heavy atom. The molecule has 0 bridgehead atoms. The van der Waals surface area contributed by atoms with Gasteiger partial charge in [0, 0.05) is 17.3 Å². The van der Waals surface area contributed by atoms with Crippen LogP contribution in [0.2, 0.25) is 0 Å². The second kappa shape index (κ2) is 5.67. The minimum atomic E-state index is 0.0824. The summed E-state index contributed by atoms with van der Waals surface area (Å²) in [6.45, 7) is 7.39. The van der Waals surface area contributed by atoms with E-state index in [0.717, 1.165) is 22.1 Å². The first-order chi connectivity index (χ1) is 8.99. The first-order valence-corrected chi connectivity index (χ1v) is 7.09. The highest BCUT2D eigenvalue weighted by Gasteiger charge is 2.17. The van der Waals surface area contributed by atoms with Crippen LogP contribution in [0.25, 0.3) is 0 Å². The zero-order chi connectivity index (χ0) is 13.9. The van der Waals surface area contributed by atoms with Crippen LogP contribution in [-0.4, -0.2) is 9.97 Å². The van der Waals surface area contributed by atoms with Gasteiger partial charge in [-0.2, -0.15) is 0 Å². The van der Waals surface area contributed by atoms with Gasteiger partial charge in [-0.15, -0.1) is 11.3 Å². The summed E-state index contributed by atoms with van der Waals surface area (Å²) < 4.78 is 5.66. The monoisotopic (exact) mass is 277 g/mol. The van der Waals surface area contributed by atoms with Crippen molar-refractivity contribution in [3.63, 3.8) is 0 Å². The Labute approximate surface area is 117 Å². The molecule has 102 valence electrons. The van der Waals surface area contributed by atoms with Crippen molar-refractivity contribution in [2.24, 2.45) is 5.73 Å². The highest BCUT2D eigenvalue weighted by molar-refractivity contribution is 7.09. The quantitative estimate of drug-likeness (QED) is 0.933. The molecule has 4 nitrogen and oxygen atoms in total. The molecule has 0 radical (unpaired) electrons. The first kappa shape index (κ1) is 14.0. The van der Waals surface area contributed by atoms with Crippen molar-refractivity contribution in [1.29, 1.82) is 0 Å². The standard InChI is InChI=1S/C14H19N3OS/c1-14(2,3)12-9-19-13(17-12)8-18-11-5-4-10(6-15)16-7-11/h4-5,7,9H,6,8,15H2,1-3H3. The lowest BCUT2D eigenvalue weighted by Crippen LogP contribution is -2.11. The molecule has 2 aromatic rings. The molecule has 2 N–H and O–H groups in total. The Morgan fingerprint density at radius 3 is 2.63 bits per heavy atom. The summed E-state index contributed by atoms with van der Waals surface area (Å²) >= 11 is 1.63. The first-order valence-electron chi connectivity index (χ1n) is 6.22. The number of thiazole rings is 1. The predicted molar refractivity (Wildman–Crippen MR) is 77.3 cm³/mol. The lowest BCUT2D eigenvalue weighted by Gasteiger charge is -2.14. The summed E-state index contributed by atoms with van der Waals surface area (Å²) in [6, 6.07) is 3.76. The van der Waals surface area contributed by atoms with Gasteiger partial charge in [0.2, 0.25) is 0 Å². The largest absolute Gasteiger partial charge is 0.485 e. The van der Waals surface area contributed by atoms with Gasteiger partial charge in [-0.25, -0.2) is 4.98 Å². The van der Waals surface area contributed by atoms with Crippen LogP contribution in [0.15, 0.2) is 23.7 Å². The number of ether oxygens (including phenoxy) is 1. The van der Waals surface area contributed by atoms with Crippen LogP contribution in [0.3, 0.4) is 0 Å². The summed E-state index contributed by atoms with van der Waals surface area (Å²) in [6.07, 6.45) is 1.69. The zero-order valence-electron chi connectivity index (χ0n) is 11.5. The van der Waals surface area contributed by atoms with Crippen LogP contribution in [0.5, 0.6) is 5.75 Å². The smallest absolute Gasteiger partial charge is 0.140 e. The molecule has 2 rings (SSSR count). The van der Waals surface area contributed by atoms with E-state index in [1.165, 1.54) is 0 Å². The lowest BCUT2D eigenvalue weighted by atomic mass is 9.93. The van der Waals surface area contributed by atoms with Gasteiger partial charge in [-0.05, 0) is 12.1 Å². The normalized spacial score (nSPS) is 11.6. The van der Waals surface area contributed by atoms with Gasteiger partial charge in [0.25, 0.3) is 0 Å². The molecule has 0 saturated carbocycles. The van der Waals surface area contributed by atoms with Crippen molar-refractivity contribution in [2.75, 3.05) is 0 Å². The molecule has 2 heterocycles. The SMILES string of the molecule is CC(C)(C)c1csc(COc2ccc(CN)nc2)n1. The maximum Gasteiger partial charge on any atom is 0.140 e. The van der Waals surface area contributed by atoms with Crippen LogP contribution < -0.4 is 10.5 Å². The summed E-state index contributed by atoms with van der Waals surface area (Å²) in [4.78, 5) is 8.77. The van der Waals surface area contributed by atoms with Gasteiger partial charge in [0.1, 0.15) is 17.4 Å². The Morgan fingerprint density at radius 2 is 2.11 bits per heavy atom. The van der Waals surface area contributed by atoms with Crippen LogP contribution >= 0.6 is 11.3 Å². The van der Waals surface area contributed by atoms with Gasteiger partial charge >= 0.3 is 0 Å². The van der Waals surface area contributed by atoms with E-state index in [2.05, 4.69) is 36.1 Å². The van der Waals surface area contributed by atoms with Gasteiger partial charge in [0.05, 0.1) is 17.6 Å². The third kappa shape index (κ3) is 3.75. The molecule has 0 amide bonds. The molecule has 0 saturated heterocycles. The third-order valence-electron chi connectivity index (χ3n) is 2.69. The maximum absolute atomic E-state index is 5.66. The number of nitrogens with two attached hydrogens (primary N) is 1. The van der Waals surface area contributed by atoms with Crippen molar-refractivity contribution in [3.05, 3.63) is 40.1 Å². The van der Waals surface area contributed by atoms with Crippen LogP contribution in [0, 0.1) is 0 Å². The molecule has 19 heavy (non-hydrogen) atoms. The number of hydrogen-bond donors (Lipinski definition) is 1. The van der Waals surface area contributed by atoms with Crippen molar-refractivity contribution in [2.45, 2.75) is 39.3 Å². The second-order valence-electron chi connectivity index (χ2n) is 5.35. The van der Waals surface area contributed by atoms with Crippen LogP contribution in [0.4, 0.5) is 0 Å². The molecule has 0 aliphatic rings. The molecule has 0 unspecified atom stereocenters. The topological polar surface area (TPSA) is 61.0 Å². The molecule has 0 aliphatic heterocycles. The molecular formula is C14H19N3OS. The number of rotatable bonds is 4. The fraction of sp³-hybridized carbons (Fsp3) is 0.429. The van der Waals surface area contributed by atoms with Crippen LogP contribution in [-0.2, 0) is 18.6 Å². The van der Waals surface area contributed by atoms with Crippen molar-refractivity contribution >= 4 is 11.3 Å². The van der Waals surface area contributed by atoms with Gasteiger partial charge in [-0.3, -0.25) is 4.98 Å². The predicted octanol–water partition coefficient (Wildman–Crippen LogP) is 2.87. The summed E-state index contributed by atoms with van der Waals surface area (Å²) in [7, 11) is 0. The molecule has 0 spiro atoms. The summed E-state index contributed by atoms with van der Waals surface area (Å²) in [5.74, 6) is 0.740. The molecule has 0 aliphatic carbocycles. The Kier molecular flexibility index (Phi) is 4.17. The summed E-state index contributed by atoms with van der Waals surface area (Å²) in [5, 5.41) is 3.07. The van der Waals surface area contributed by atoms with E-state index in [1.807, 2.05) is 12.1 Å². The van der Waals surface area contributed by atoms with E-state index in [-0.39, 0.29) is 5.41 Å². The van der Waals surface area contributed by atoms with Gasteiger partial charge in [-0.1, -0.05) is 20.8 Å². The Balaban J connectivity index is 1.96. The molecule has 0 fully saturated rings. The van der Waals surface area contributed by atoms with Crippen molar-refractivity contribution in [3.8, 4) is 5.75 Å². The number of aromatic nitrogens is 2. The van der Waals surface area contributed by atoms with Gasteiger partial charge < -0.3 is 10.5 Å². The van der Waals surface area contributed by atoms with Crippen LogP contribution in [0.1, 0.15) is 37.2 Å². The highest BCUT2D eigenvalue weighted by Crippen LogP contribution is 2.24. The van der Waals surface area contributed by atoms with E-state index < -0.39 is 0 Å². The Hall–Kier alpha value is -1.46. The van der Waals surface area contributed by atoms with Crippen molar-refractivity contribution < 1.29 is 4.74 Å². The molecule has 5 heteroatoms. The average Bonchev–Trinajstić information content (AvgIpc) is 2.86.